The van der Waals surface area contributed by atoms with Crippen LogP contribution in [0.5, 0.6) is 0 Å². The second-order valence-corrected chi connectivity index (χ2v) is 8.19. The van der Waals surface area contributed by atoms with E-state index in [9.17, 15) is 5.11 Å². The first-order chi connectivity index (χ1) is 9.12. The zero-order valence-electron chi connectivity index (χ0n) is 14.0. The molecule has 3 heteroatoms. The van der Waals surface area contributed by atoms with Crippen LogP contribution in [-0.4, -0.2) is 35.1 Å². The van der Waals surface area contributed by atoms with E-state index in [1.165, 1.54) is 6.42 Å². The Hall–Kier alpha value is -0.120. The Bertz CT molecular complexity index is 350. The molecule has 2 fully saturated rings. The van der Waals surface area contributed by atoms with E-state index in [-0.39, 0.29) is 22.7 Å². The summed E-state index contributed by atoms with van der Waals surface area (Å²) in [5.41, 5.74) is -0.844. The van der Waals surface area contributed by atoms with Gasteiger partial charge in [-0.3, -0.25) is 0 Å². The van der Waals surface area contributed by atoms with Crippen molar-refractivity contribution in [3.8, 4) is 0 Å². The highest BCUT2D eigenvalue weighted by molar-refractivity contribution is 5.05. The van der Waals surface area contributed by atoms with Gasteiger partial charge >= 0.3 is 0 Å². The molecule has 0 spiro atoms. The third-order valence-corrected chi connectivity index (χ3v) is 5.46. The fourth-order valence-corrected chi connectivity index (χ4v) is 4.58. The summed E-state index contributed by atoms with van der Waals surface area (Å²) < 4.78 is 12.0. The highest BCUT2D eigenvalue weighted by Crippen LogP contribution is 2.49. The Balaban J connectivity index is 2.22. The second kappa shape index (κ2) is 5.26. The Kier molecular flexibility index (Phi) is 4.27. The van der Waals surface area contributed by atoms with Gasteiger partial charge in [-0.2, -0.15) is 0 Å². The van der Waals surface area contributed by atoms with E-state index in [1.54, 1.807) is 7.11 Å². The minimum absolute atomic E-state index is 0.128. The molecule has 0 aromatic rings. The molecule has 0 bridgehead atoms. The lowest BCUT2D eigenvalue weighted by Crippen LogP contribution is -2.54. The molecule has 0 aromatic carbocycles. The van der Waals surface area contributed by atoms with Gasteiger partial charge in [0.1, 0.15) is 0 Å². The largest absolute Gasteiger partial charge is 0.390 e. The van der Waals surface area contributed by atoms with Gasteiger partial charge in [-0.25, -0.2) is 0 Å². The summed E-state index contributed by atoms with van der Waals surface area (Å²) in [5, 5.41) is 11.1. The van der Waals surface area contributed by atoms with E-state index < -0.39 is 6.10 Å². The lowest BCUT2D eigenvalue weighted by molar-refractivity contribution is -0.169. The van der Waals surface area contributed by atoms with Gasteiger partial charge in [0.2, 0.25) is 0 Å². The van der Waals surface area contributed by atoms with Crippen LogP contribution in [0.2, 0.25) is 0 Å². The number of aliphatic hydroxyl groups is 1. The fourth-order valence-electron chi connectivity index (χ4n) is 4.58. The zero-order valence-corrected chi connectivity index (χ0v) is 14.0. The molecule has 1 aliphatic carbocycles. The summed E-state index contributed by atoms with van der Waals surface area (Å²) in [6, 6.07) is 0. The smallest absolute Gasteiger partial charge is 0.0942 e. The topological polar surface area (TPSA) is 38.7 Å². The van der Waals surface area contributed by atoms with Crippen molar-refractivity contribution >= 4 is 0 Å². The van der Waals surface area contributed by atoms with Crippen molar-refractivity contribution in [2.45, 2.75) is 89.6 Å². The summed E-state index contributed by atoms with van der Waals surface area (Å²) in [6.07, 6.45) is 4.74. The number of ether oxygens (including phenoxy) is 2. The SMILES string of the molecule is COC1(C(O)C2CC(C)(C)OC2(C)C)CCCC(C)C1. The maximum absolute atomic E-state index is 11.1. The summed E-state index contributed by atoms with van der Waals surface area (Å²) in [5.74, 6) is 0.750. The molecule has 4 unspecified atom stereocenters. The van der Waals surface area contributed by atoms with E-state index in [4.69, 9.17) is 9.47 Å². The van der Waals surface area contributed by atoms with Gasteiger partial charge in [0.15, 0.2) is 0 Å². The van der Waals surface area contributed by atoms with Gasteiger partial charge in [-0.1, -0.05) is 19.8 Å². The van der Waals surface area contributed by atoms with E-state index in [1.807, 2.05) is 0 Å². The van der Waals surface area contributed by atoms with E-state index >= 15 is 0 Å². The van der Waals surface area contributed by atoms with Gasteiger partial charge in [-0.05, 0) is 52.9 Å². The van der Waals surface area contributed by atoms with Gasteiger partial charge in [0.25, 0.3) is 0 Å². The maximum Gasteiger partial charge on any atom is 0.0942 e. The van der Waals surface area contributed by atoms with Crippen LogP contribution in [0.15, 0.2) is 0 Å². The summed E-state index contributed by atoms with van der Waals surface area (Å²) in [7, 11) is 1.76. The predicted octanol–water partition coefficient (Wildman–Crippen LogP) is 3.54. The number of methoxy groups -OCH3 is 1. The average molecular weight is 284 g/mol. The minimum Gasteiger partial charge on any atom is -0.390 e. The Morgan fingerprint density at radius 3 is 2.30 bits per heavy atom. The third-order valence-electron chi connectivity index (χ3n) is 5.46. The van der Waals surface area contributed by atoms with Crippen LogP contribution in [0.1, 0.15) is 66.7 Å². The Morgan fingerprint density at radius 1 is 1.20 bits per heavy atom. The number of rotatable bonds is 3. The van der Waals surface area contributed by atoms with Crippen molar-refractivity contribution in [2.75, 3.05) is 7.11 Å². The lowest BCUT2D eigenvalue weighted by atomic mass is 9.68. The zero-order chi connectivity index (χ0) is 15.2. The summed E-state index contributed by atoms with van der Waals surface area (Å²) in [4.78, 5) is 0. The first kappa shape index (κ1) is 16.3. The summed E-state index contributed by atoms with van der Waals surface area (Å²) >= 11 is 0. The maximum atomic E-state index is 11.1. The molecule has 2 rings (SSSR count). The van der Waals surface area contributed by atoms with Crippen LogP contribution in [0, 0.1) is 11.8 Å². The molecule has 1 saturated carbocycles. The molecule has 0 amide bonds. The molecule has 1 N–H and O–H groups in total. The van der Waals surface area contributed by atoms with Gasteiger partial charge in [-0.15, -0.1) is 0 Å². The fraction of sp³-hybridized carbons (Fsp3) is 1.00. The molecule has 4 atom stereocenters. The lowest BCUT2D eigenvalue weighted by Gasteiger charge is -2.46. The minimum atomic E-state index is -0.452. The van der Waals surface area contributed by atoms with Crippen LogP contribution in [0.4, 0.5) is 0 Å². The van der Waals surface area contributed by atoms with Crippen molar-refractivity contribution < 1.29 is 14.6 Å². The van der Waals surface area contributed by atoms with Crippen molar-refractivity contribution in [2.24, 2.45) is 11.8 Å². The van der Waals surface area contributed by atoms with Crippen LogP contribution in [0.25, 0.3) is 0 Å². The second-order valence-electron chi connectivity index (χ2n) is 8.19. The molecule has 118 valence electrons. The first-order valence-corrected chi connectivity index (χ1v) is 8.05. The molecule has 2 aliphatic rings. The molecule has 0 radical (unpaired) electrons. The average Bonchev–Trinajstić information content (AvgIpc) is 2.56. The van der Waals surface area contributed by atoms with Crippen molar-refractivity contribution in [1.82, 2.24) is 0 Å². The number of hydrogen-bond donors (Lipinski definition) is 1. The summed E-state index contributed by atoms with van der Waals surface area (Å²) in [6.45, 7) is 10.7. The highest BCUT2D eigenvalue weighted by atomic mass is 16.5. The van der Waals surface area contributed by atoms with Crippen molar-refractivity contribution in [1.29, 1.82) is 0 Å². The molecule has 0 aromatic heterocycles. The predicted molar refractivity (Wildman–Crippen MR) is 80.7 cm³/mol. The van der Waals surface area contributed by atoms with E-state index in [0.717, 1.165) is 25.7 Å². The van der Waals surface area contributed by atoms with Gasteiger partial charge < -0.3 is 14.6 Å². The molecule has 20 heavy (non-hydrogen) atoms. The molecule has 3 nitrogen and oxygen atoms in total. The first-order valence-electron chi connectivity index (χ1n) is 8.05. The molecule has 1 saturated heterocycles. The normalized spacial score (nSPS) is 41.5. The molecular formula is C17H32O3. The van der Waals surface area contributed by atoms with Crippen molar-refractivity contribution in [3.63, 3.8) is 0 Å². The van der Waals surface area contributed by atoms with E-state index in [0.29, 0.717) is 5.92 Å². The third kappa shape index (κ3) is 2.90. The van der Waals surface area contributed by atoms with Crippen molar-refractivity contribution in [3.05, 3.63) is 0 Å². The molecule has 1 aliphatic heterocycles. The molecule has 1 heterocycles. The van der Waals surface area contributed by atoms with Crippen LogP contribution in [0.3, 0.4) is 0 Å². The highest BCUT2D eigenvalue weighted by Gasteiger charge is 2.55. The van der Waals surface area contributed by atoms with Gasteiger partial charge in [0.05, 0.1) is 22.9 Å². The van der Waals surface area contributed by atoms with Crippen LogP contribution in [-0.2, 0) is 9.47 Å². The monoisotopic (exact) mass is 284 g/mol. The number of hydrogen-bond acceptors (Lipinski definition) is 3. The van der Waals surface area contributed by atoms with Crippen LogP contribution < -0.4 is 0 Å². The van der Waals surface area contributed by atoms with Crippen LogP contribution >= 0.6 is 0 Å². The van der Waals surface area contributed by atoms with Gasteiger partial charge in [0, 0.05) is 13.0 Å². The molecular weight excluding hydrogens is 252 g/mol. The quantitative estimate of drug-likeness (QED) is 0.861. The Morgan fingerprint density at radius 2 is 1.85 bits per heavy atom. The van der Waals surface area contributed by atoms with E-state index in [2.05, 4.69) is 34.6 Å². The number of aliphatic hydroxyl groups excluding tert-OH is 1. The Labute approximate surface area is 124 Å². The standard InChI is InChI=1S/C17H32O3/c1-12-8-7-9-17(10-12,19-6)14(18)13-11-15(2,3)20-16(13,4)5/h12-14,18H,7-11H2,1-6H3.